The third-order valence-electron chi connectivity index (χ3n) is 13.2. The lowest BCUT2D eigenvalue weighted by Gasteiger charge is -2.27. The number of guanidine groups is 2. The summed E-state index contributed by atoms with van der Waals surface area (Å²) >= 11 is 0. The number of fused-ring (bicyclic) bond motifs is 1. The fraction of sp³-hybridized carbons (Fsp3) is 0.500. The highest BCUT2D eigenvalue weighted by molar-refractivity contribution is 5.98. The molecule has 1 fully saturated rings. The minimum absolute atomic E-state index is 0.00777. The standard InChI is InChI=1S/C52H71F3N14O10/c1-27(70)65-38(13-7-19-63-52(60)61)48(77)67-39-12-4-2-9-32(71)14-15-37(46(57)75)66-47(76)30(23-31-26-64-36-11-5-3-10-33(31)36)25-42(72)29(8-6-18-62-51(58)59)24-43(73)41(22-28-20-34(53)45(55)35(54)21-28)69-50(79)40(68-49(39)78)16-17-44(56)74/h3,5,10-11,20-21,26,29-30,37-41,64H,2,4,6-9,12-19,22-25H2,1H3,(H2,56,74)(H2,57,75)(H,65,70)(H,66,76)(H,67,77)(H,68,78)(H,69,79)(H4,58,59,62)(H4,60,61,63)/t29-,30-,37+,38+,39+,40+,41-/m1/s1. The first kappa shape index (κ1) is 63.1. The van der Waals surface area contributed by atoms with Gasteiger partial charge in [0.15, 0.2) is 35.2 Å². The molecule has 1 aliphatic rings. The number of carbonyl (C=O) groups excluding carboxylic acids is 10. The molecule has 1 aliphatic heterocycles. The SMILES string of the molecule is CC(=O)N[C@@H](CCCN=C(N)N)C(=O)N[C@H]1CCCCC(=O)CC[C@@H](C(N)=O)NC(=O)[C@H](Cc2c[nH]c3ccccc23)CC(=O)[C@H](CCCN=C(N)N)CC(=O)[C@@H](Cc2cc(F)c(F)c(F)c2)NC(=O)[C@H](CCC(N)=O)NC1=O. The van der Waals surface area contributed by atoms with Gasteiger partial charge in [-0.2, -0.15) is 0 Å². The van der Waals surface area contributed by atoms with Crippen molar-refractivity contribution in [1.29, 1.82) is 0 Å². The van der Waals surface area contributed by atoms with Crippen LogP contribution in [0.4, 0.5) is 13.2 Å². The summed E-state index contributed by atoms with van der Waals surface area (Å²) in [5.41, 5.74) is 34.1. The highest BCUT2D eigenvalue weighted by Crippen LogP contribution is 2.27. The van der Waals surface area contributed by atoms with Crippen LogP contribution in [0.1, 0.15) is 108 Å². The number of halogens is 3. The Kier molecular flexibility index (Phi) is 24.9. The molecule has 24 nitrogen and oxygen atoms in total. The van der Waals surface area contributed by atoms with E-state index in [1.807, 2.05) is 0 Å². The number of primary amides is 2. The van der Waals surface area contributed by atoms with Crippen LogP contribution in [-0.4, -0.2) is 119 Å². The summed E-state index contributed by atoms with van der Waals surface area (Å²) < 4.78 is 43.7. The van der Waals surface area contributed by atoms with Crippen LogP contribution in [0.15, 0.2) is 52.6 Å². The molecule has 7 amide bonds. The normalized spacial score (nSPS) is 20.9. The molecule has 4 rings (SSSR count). The molecule has 3 aromatic rings. The summed E-state index contributed by atoms with van der Waals surface area (Å²) in [4.78, 5) is 148. The number of Topliss-reactive ketones (excluding diaryl/α,β-unsaturated/α-hetero) is 3. The molecule has 430 valence electrons. The number of H-pyrrole nitrogens is 1. The van der Waals surface area contributed by atoms with E-state index in [0.29, 0.717) is 28.6 Å². The van der Waals surface area contributed by atoms with Gasteiger partial charge in [-0.15, -0.1) is 0 Å². The number of aliphatic imine (C=N–C) groups is 2. The predicted molar refractivity (Wildman–Crippen MR) is 284 cm³/mol. The number of ketones is 3. The van der Waals surface area contributed by atoms with Crippen LogP contribution < -0.4 is 61.0 Å². The summed E-state index contributed by atoms with van der Waals surface area (Å²) in [6, 6.07) is 0.705. The fourth-order valence-electron chi connectivity index (χ4n) is 9.08. The van der Waals surface area contributed by atoms with Crippen LogP contribution >= 0.6 is 0 Å². The first-order valence-electron chi connectivity index (χ1n) is 25.8. The van der Waals surface area contributed by atoms with Crippen LogP contribution in [0.3, 0.4) is 0 Å². The first-order chi connectivity index (χ1) is 37.4. The van der Waals surface area contributed by atoms with Crippen LogP contribution in [-0.2, 0) is 60.8 Å². The van der Waals surface area contributed by atoms with Crippen molar-refractivity contribution >= 4 is 81.5 Å². The third kappa shape index (κ3) is 21.2. The molecule has 1 aromatic heterocycles. The minimum atomic E-state index is -1.83. The van der Waals surface area contributed by atoms with Crippen molar-refractivity contribution in [2.75, 3.05) is 13.1 Å². The maximum atomic E-state index is 14.7. The average molecular weight is 1110 g/mol. The van der Waals surface area contributed by atoms with Gasteiger partial charge in [-0.1, -0.05) is 24.6 Å². The van der Waals surface area contributed by atoms with Crippen molar-refractivity contribution in [2.24, 2.45) is 56.2 Å². The van der Waals surface area contributed by atoms with Crippen molar-refractivity contribution in [2.45, 2.75) is 140 Å². The zero-order chi connectivity index (χ0) is 58.3. The second kappa shape index (κ2) is 31.1. The van der Waals surface area contributed by atoms with E-state index in [1.54, 1.807) is 30.5 Å². The third-order valence-corrected chi connectivity index (χ3v) is 13.2. The van der Waals surface area contributed by atoms with Crippen molar-refractivity contribution in [1.82, 2.24) is 31.6 Å². The quantitative estimate of drug-likeness (QED) is 0.0319. The summed E-state index contributed by atoms with van der Waals surface area (Å²) in [6.07, 6.45) is -1.80. The van der Waals surface area contributed by atoms with E-state index in [-0.39, 0.29) is 107 Å². The topological polar surface area (TPSA) is 427 Å². The lowest BCUT2D eigenvalue weighted by molar-refractivity contribution is -0.135. The number of benzene rings is 2. The van der Waals surface area contributed by atoms with Crippen LogP contribution in [0.5, 0.6) is 0 Å². The number of carbonyl (C=O) groups is 10. The Labute approximate surface area is 453 Å². The molecule has 0 spiro atoms. The highest BCUT2D eigenvalue weighted by atomic mass is 19.2. The van der Waals surface area contributed by atoms with Gasteiger partial charge in [0.05, 0.1) is 6.04 Å². The molecule has 7 atom stereocenters. The minimum Gasteiger partial charge on any atom is -0.370 e. The Morgan fingerprint density at radius 1 is 0.722 bits per heavy atom. The highest BCUT2D eigenvalue weighted by Gasteiger charge is 2.36. The molecule has 2 aromatic carbocycles. The van der Waals surface area contributed by atoms with Crippen molar-refractivity contribution < 1.29 is 61.1 Å². The largest absolute Gasteiger partial charge is 0.370 e. The van der Waals surface area contributed by atoms with Crippen LogP contribution in [0, 0.1) is 29.3 Å². The number of hydrogen-bond acceptors (Lipinski definition) is 12. The molecular formula is C52H71F3N14O10. The van der Waals surface area contributed by atoms with E-state index in [4.69, 9.17) is 34.4 Å². The van der Waals surface area contributed by atoms with E-state index in [0.717, 1.165) is 6.92 Å². The van der Waals surface area contributed by atoms with Crippen molar-refractivity contribution in [3.05, 3.63) is 71.2 Å². The Bertz CT molecular complexity index is 2740. The maximum Gasteiger partial charge on any atom is 0.243 e. The van der Waals surface area contributed by atoms with Gasteiger partial charge in [0.2, 0.25) is 41.4 Å². The van der Waals surface area contributed by atoms with Gasteiger partial charge < -0.3 is 66.0 Å². The molecule has 1 saturated heterocycles. The number of aromatic amines is 1. The molecular weight excluding hydrogens is 1040 g/mol. The van der Waals surface area contributed by atoms with Gasteiger partial charge in [0, 0.05) is 81.1 Å². The number of amides is 7. The van der Waals surface area contributed by atoms with Gasteiger partial charge in [-0.3, -0.25) is 57.9 Å². The number of nitrogens with zero attached hydrogens (tertiary/aromatic N) is 2. The monoisotopic (exact) mass is 1110 g/mol. The molecule has 2 heterocycles. The smallest absolute Gasteiger partial charge is 0.243 e. The zero-order valence-corrected chi connectivity index (χ0v) is 43.9. The summed E-state index contributed by atoms with van der Waals surface area (Å²) in [7, 11) is 0. The maximum absolute atomic E-state index is 14.7. The molecule has 0 unspecified atom stereocenters. The number of nitrogens with two attached hydrogens (primary N) is 6. The van der Waals surface area contributed by atoms with Gasteiger partial charge in [-0.05, 0) is 93.5 Å². The van der Waals surface area contributed by atoms with Crippen molar-refractivity contribution in [3.8, 4) is 0 Å². The molecule has 0 radical (unpaired) electrons. The predicted octanol–water partition coefficient (Wildman–Crippen LogP) is -0.254. The lowest BCUT2D eigenvalue weighted by Crippen LogP contribution is -2.58. The zero-order valence-electron chi connectivity index (χ0n) is 43.9. The lowest BCUT2D eigenvalue weighted by atomic mass is 9.83. The number of hydrogen-bond donors (Lipinski definition) is 12. The second-order valence-electron chi connectivity index (χ2n) is 19.5. The van der Waals surface area contributed by atoms with Gasteiger partial charge in [-0.25, -0.2) is 13.2 Å². The van der Waals surface area contributed by atoms with Gasteiger partial charge in [0.25, 0.3) is 0 Å². The van der Waals surface area contributed by atoms with Crippen molar-refractivity contribution in [3.63, 3.8) is 0 Å². The number of nitrogens with one attached hydrogen (secondary N) is 6. The summed E-state index contributed by atoms with van der Waals surface area (Å²) in [5, 5.41) is 13.4. The van der Waals surface area contributed by atoms with E-state index in [2.05, 4.69) is 41.6 Å². The van der Waals surface area contributed by atoms with Crippen LogP contribution in [0.2, 0.25) is 0 Å². The second-order valence-corrected chi connectivity index (χ2v) is 19.5. The summed E-state index contributed by atoms with van der Waals surface area (Å²) in [6.45, 7) is 1.21. The van der Waals surface area contributed by atoms with Gasteiger partial charge >= 0.3 is 0 Å². The molecule has 79 heavy (non-hydrogen) atoms. The molecule has 0 bridgehead atoms. The molecule has 27 heteroatoms. The van der Waals surface area contributed by atoms with E-state index in [1.165, 1.54) is 0 Å². The Morgan fingerprint density at radius 3 is 2.01 bits per heavy atom. The summed E-state index contributed by atoms with van der Waals surface area (Å²) in [5.74, 6) is -16.3. The number of para-hydroxylation sites is 1. The van der Waals surface area contributed by atoms with Crippen LogP contribution in [0.25, 0.3) is 10.9 Å². The molecule has 0 saturated carbocycles. The van der Waals surface area contributed by atoms with Gasteiger partial charge in [0.1, 0.15) is 35.7 Å². The molecule has 0 aliphatic carbocycles. The number of aromatic nitrogens is 1. The fourth-order valence-corrected chi connectivity index (χ4v) is 9.08. The number of rotatable bonds is 19. The van der Waals surface area contributed by atoms with E-state index >= 15 is 0 Å². The Balaban J connectivity index is 1.83. The first-order valence-corrected chi connectivity index (χ1v) is 25.8. The average Bonchev–Trinajstić information content (AvgIpc) is 3.80. The van der Waals surface area contributed by atoms with E-state index in [9.17, 15) is 61.1 Å². The molecule has 18 N–H and O–H groups in total. The van der Waals surface area contributed by atoms with E-state index < -0.39 is 145 Å². The Morgan fingerprint density at radius 2 is 1.37 bits per heavy atom. The Hall–Kier alpha value is -8.39.